The average molecular weight is 286 g/mol. The average Bonchev–Trinajstić information content (AvgIpc) is 2.03. The molecule has 0 radical (unpaired) electrons. The molecule has 0 bridgehead atoms. The van der Waals surface area contributed by atoms with Crippen LogP contribution in [-0.2, 0) is 20.0 Å². The topological polar surface area (TPSA) is 97.3 Å². The zero-order valence-electron chi connectivity index (χ0n) is 8.32. The lowest BCUT2D eigenvalue weighted by Gasteiger charge is -2.17. The van der Waals surface area contributed by atoms with Gasteiger partial charge in [-0.25, -0.2) is 16.8 Å². The van der Waals surface area contributed by atoms with Gasteiger partial charge in [0.1, 0.15) is 0 Å². The molecule has 0 unspecified atom stereocenters. The van der Waals surface area contributed by atoms with Gasteiger partial charge in [-0.2, -0.15) is 0 Å². The van der Waals surface area contributed by atoms with E-state index in [0.717, 1.165) is 18.6 Å². The Morgan fingerprint density at radius 1 is 1.06 bits per heavy atom. The minimum atomic E-state index is -3.99. The first-order valence-corrected chi connectivity index (χ1v) is 7.89. The number of aromatic nitrogens is 2. The molecule has 0 aliphatic heterocycles. The van der Waals surface area contributed by atoms with Gasteiger partial charge in [-0.05, 0) is 12.1 Å². The number of sulfonamides is 2. The molecule has 1 aromatic heterocycles. The largest absolute Gasteiger partial charge is 0.246 e. The summed E-state index contributed by atoms with van der Waals surface area (Å²) in [5.41, 5.74) is 0. The van der Waals surface area contributed by atoms with E-state index in [9.17, 15) is 16.8 Å². The van der Waals surface area contributed by atoms with Gasteiger partial charge in [-0.15, -0.1) is 13.9 Å². The molecule has 0 aliphatic carbocycles. The van der Waals surface area contributed by atoms with Crippen molar-refractivity contribution in [3.8, 4) is 0 Å². The van der Waals surface area contributed by atoms with Crippen molar-refractivity contribution >= 4 is 37.5 Å². The predicted molar refractivity (Wildman–Crippen MR) is 59.2 cm³/mol. The van der Waals surface area contributed by atoms with Crippen LogP contribution in [0.5, 0.6) is 0 Å². The Morgan fingerprint density at radius 3 is 1.88 bits per heavy atom. The minimum Gasteiger partial charge on any atom is -0.206 e. The quantitative estimate of drug-likeness (QED) is 0.766. The molecule has 0 spiro atoms. The SMILES string of the molecule is CS(=O)(=O)N(c1ccc(Cl)nn1)S(C)(=O)=O. The van der Waals surface area contributed by atoms with Crippen molar-refractivity contribution in [2.45, 2.75) is 0 Å². The number of hydrogen-bond donors (Lipinski definition) is 0. The molecule has 0 N–H and O–H groups in total. The summed E-state index contributed by atoms with van der Waals surface area (Å²) in [5, 5.41) is 6.80. The van der Waals surface area contributed by atoms with E-state index < -0.39 is 20.0 Å². The maximum absolute atomic E-state index is 11.3. The molecule has 16 heavy (non-hydrogen) atoms. The Bertz CT molecular complexity index is 549. The van der Waals surface area contributed by atoms with Gasteiger partial charge in [0.25, 0.3) is 0 Å². The van der Waals surface area contributed by atoms with E-state index >= 15 is 0 Å². The van der Waals surface area contributed by atoms with Crippen molar-refractivity contribution in [3.05, 3.63) is 17.3 Å². The van der Waals surface area contributed by atoms with Gasteiger partial charge in [0, 0.05) is 0 Å². The molecule has 1 heterocycles. The molecule has 1 rings (SSSR count). The summed E-state index contributed by atoms with van der Waals surface area (Å²) in [6, 6.07) is 2.39. The summed E-state index contributed by atoms with van der Waals surface area (Å²) in [6.45, 7) is 0. The van der Waals surface area contributed by atoms with Crippen LogP contribution in [0.1, 0.15) is 0 Å². The second-order valence-corrected chi connectivity index (χ2v) is 7.22. The van der Waals surface area contributed by atoms with Crippen LogP contribution in [0.4, 0.5) is 5.82 Å². The van der Waals surface area contributed by atoms with Crippen molar-refractivity contribution in [1.82, 2.24) is 10.2 Å². The van der Waals surface area contributed by atoms with Crippen LogP contribution in [0.15, 0.2) is 12.1 Å². The Hall–Kier alpha value is -0.930. The van der Waals surface area contributed by atoms with Crippen molar-refractivity contribution in [3.63, 3.8) is 0 Å². The fourth-order valence-electron chi connectivity index (χ4n) is 0.992. The molecule has 10 heteroatoms. The number of anilines is 1. The van der Waals surface area contributed by atoms with Gasteiger partial charge in [0.2, 0.25) is 20.0 Å². The van der Waals surface area contributed by atoms with E-state index in [1.807, 2.05) is 0 Å². The second-order valence-electron chi connectivity index (χ2n) is 2.94. The smallest absolute Gasteiger partial charge is 0.206 e. The third-order valence-corrected chi connectivity index (χ3v) is 4.81. The maximum Gasteiger partial charge on any atom is 0.246 e. The molecule has 0 saturated heterocycles. The summed E-state index contributed by atoms with van der Waals surface area (Å²) < 4.78 is 45.4. The highest BCUT2D eigenvalue weighted by atomic mass is 35.5. The third kappa shape index (κ3) is 3.03. The fourth-order valence-corrected chi connectivity index (χ4v) is 3.93. The van der Waals surface area contributed by atoms with E-state index in [2.05, 4.69) is 10.2 Å². The second kappa shape index (κ2) is 4.15. The molecule has 0 atom stereocenters. The molecule has 0 aromatic carbocycles. The van der Waals surface area contributed by atoms with Gasteiger partial charge in [-0.1, -0.05) is 11.6 Å². The van der Waals surface area contributed by atoms with Gasteiger partial charge < -0.3 is 0 Å². The summed E-state index contributed by atoms with van der Waals surface area (Å²) in [5.74, 6) is -0.325. The lowest BCUT2D eigenvalue weighted by molar-refractivity contribution is 0.590. The van der Waals surface area contributed by atoms with Crippen molar-refractivity contribution < 1.29 is 16.8 Å². The van der Waals surface area contributed by atoms with E-state index in [4.69, 9.17) is 11.6 Å². The molecule has 1 aromatic rings. The molecule has 0 saturated carbocycles. The lowest BCUT2D eigenvalue weighted by atomic mass is 10.5. The molecule has 90 valence electrons. The molecular weight excluding hydrogens is 278 g/mol. The lowest BCUT2D eigenvalue weighted by Crippen LogP contribution is -2.36. The normalized spacial score (nSPS) is 12.4. The first kappa shape index (κ1) is 13.1. The summed E-state index contributed by atoms with van der Waals surface area (Å²) in [4.78, 5) is 0. The van der Waals surface area contributed by atoms with Crippen LogP contribution in [0.3, 0.4) is 0 Å². The van der Waals surface area contributed by atoms with Crippen LogP contribution < -0.4 is 3.71 Å². The molecular formula is C6H8ClN3O4S2. The van der Waals surface area contributed by atoms with Crippen molar-refractivity contribution in [1.29, 1.82) is 0 Å². The van der Waals surface area contributed by atoms with Crippen molar-refractivity contribution in [2.75, 3.05) is 16.2 Å². The van der Waals surface area contributed by atoms with E-state index in [1.54, 1.807) is 0 Å². The van der Waals surface area contributed by atoms with Crippen LogP contribution in [0.25, 0.3) is 0 Å². The van der Waals surface area contributed by atoms with E-state index in [0.29, 0.717) is 0 Å². The van der Waals surface area contributed by atoms with Gasteiger partial charge in [0.15, 0.2) is 11.0 Å². The predicted octanol–water partition coefficient (Wildman–Crippen LogP) is -0.144. The number of halogens is 1. The van der Waals surface area contributed by atoms with Crippen LogP contribution >= 0.6 is 11.6 Å². The summed E-state index contributed by atoms with van der Waals surface area (Å²) in [7, 11) is -7.98. The highest BCUT2D eigenvalue weighted by Gasteiger charge is 2.28. The summed E-state index contributed by atoms with van der Waals surface area (Å²) in [6.07, 6.45) is 1.51. The molecule has 0 aliphatic rings. The van der Waals surface area contributed by atoms with Crippen molar-refractivity contribution in [2.24, 2.45) is 0 Å². The first-order valence-electron chi connectivity index (χ1n) is 3.82. The third-order valence-electron chi connectivity index (χ3n) is 1.41. The Morgan fingerprint density at radius 2 is 1.56 bits per heavy atom. The Labute approximate surface area is 98.2 Å². The Balaban J connectivity index is 3.41. The molecule has 7 nitrogen and oxygen atoms in total. The fraction of sp³-hybridized carbons (Fsp3) is 0.333. The molecule has 0 fully saturated rings. The van der Waals surface area contributed by atoms with Gasteiger partial charge >= 0.3 is 0 Å². The standard InChI is InChI=1S/C6H8ClN3O4S2/c1-15(11,12)10(16(2,13)14)6-4-3-5(7)8-9-6/h3-4H,1-2H3. The highest BCUT2D eigenvalue weighted by Crippen LogP contribution is 2.18. The number of hydrogen-bond acceptors (Lipinski definition) is 6. The van der Waals surface area contributed by atoms with Crippen LogP contribution in [0, 0.1) is 0 Å². The zero-order chi connectivity index (χ0) is 12.6. The number of nitrogens with zero attached hydrogens (tertiary/aromatic N) is 3. The monoisotopic (exact) mass is 285 g/mol. The highest BCUT2D eigenvalue weighted by molar-refractivity contribution is 8.09. The van der Waals surface area contributed by atoms with Crippen LogP contribution in [0.2, 0.25) is 5.15 Å². The summed E-state index contributed by atoms with van der Waals surface area (Å²) >= 11 is 5.45. The van der Waals surface area contributed by atoms with Gasteiger partial charge in [0.05, 0.1) is 12.5 Å². The maximum atomic E-state index is 11.3. The number of rotatable bonds is 3. The Kier molecular flexibility index (Phi) is 3.41. The van der Waals surface area contributed by atoms with Gasteiger partial charge in [-0.3, -0.25) is 0 Å². The molecule has 0 amide bonds. The van der Waals surface area contributed by atoms with E-state index in [-0.39, 0.29) is 14.7 Å². The van der Waals surface area contributed by atoms with E-state index in [1.165, 1.54) is 6.07 Å². The minimum absolute atomic E-state index is 0.0331. The first-order chi connectivity index (χ1) is 7.12. The zero-order valence-corrected chi connectivity index (χ0v) is 10.7. The van der Waals surface area contributed by atoms with Crippen LogP contribution in [-0.4, -0.2) is 39.5 Å².